The van der Waals surface area contributed by atoms with E-state index in [0.29, 0.717) is 24.8 Å². The van der Waals surface area contributed by atoms with Crippen molar-refractivity contribution in [2.75, 3.05) is 18.4 Å². The molecule has 1 amide bonds. The molecule has 0 radical (unpaired) electrons. The molecule has 1 rings (SSSR count). The van der Waals surface area contributed by atoms with Crippen LogP contribution in [-0.4, -0.2) is 19.0 Å². The molecule has 0 heterocycles. The highest BCUT2D eigenvalue weighted by atomic mass is 16.1. The summed E-state index contributed by atoms with van der Waals surface area (Å²) in [5.74, 6) is 1.16. The summed E-state index contributed by atoms with van der Waals surface area (Å²) in [5, 5.41) is 6.18. The average molecular weight is 262 g/mol. The van der Waals surface area contributed by atoms with Gasteiger partial charge in [0.25, 0.3) is 0 Å². The van der Waals surface area contributed by atoms with E-state index in [9.17, 15) is 4.79 Å². The van der Waals surface area contributed by atoms with Crippen molar-refractivity contribution in [2.24, 2.45) is 5.92 Å². The monoisotopic (exact) mass is 262 g/mol. The molecular weight excluding hydrogens is 236 g/mol. The first kappa shape index (κ1) is 15.5. The second-order valence-corrected chi connectivity index (χ2v) is 5.65. The molecule has 19 heavy (non-hydrogen) atoms. The number of rotatable bonds is 7. The zero-order valence-corrected chi connectivity index (χ0v) is 12.5. The number of nitrogens with one attached hydrogen (secondary N) is 2. The summed E-state index contributed by atoms with van der Waals surface area (Å²) in [6.45, 7) is 9.97. The van der Waals surface area contributed by atoms with Crippen molar-refractivity contribution in [3.8, 4) is 0 Å². The summed E-state index contributed by atoms with van der Waals surface area (Å²) in [4.78, 5) is 11.5. The summed E-state index contributed by atoms with van der Waals surface area (Å²) in [7, 11) is 0. The summed E-state index contributed by atoms with van der Waals surface area (Å²) in [6, 6.07) is 8.40. The minimum Gasteiger partial charge on any atom is -0.385 e. The zero-order valence-electron chi connectivity index (χ0n) is 12.5. The SMILES string of the molecule is CC(C)CNC(=O)CCNc1ccc(C(C)C)cc1. The molecule has 1 aromatic carbocycles. The molecule has 0 spiro atoms. The van der Waals surface area contributed by atoms with Crippen molar-refractivity contribution >= 4 is 11.6 Å². The van der Waals surface area contributed by atoms with Gasteiger partial charge in [-0.2, -0.15) is 0 Å². The first-order chi connectivity index (χ1) is 8.99. The average Bonchev–Trinajstić information content (AvgIpc) is 2.37. The number of anilines is 1. The third kappa shape index (κ3) is 6.27. The van der Waals surface area contributed by atoms with Crippen LogP contribution < -0.4 is 10.6 Å². The van der Waals surface area contributed by atoms with E-state index in [1.807, 2.05) is 0 Å². The molecule has 0 bridgehead atoms. The van der Waals surface area contributed by atoms with Crippen molar-refractivity contribution < 1.29 is 4.79 Å². The number of carbonyl (C=O) groups is 1. The van der Waals surface area contributed by atoms with Gasteiger partial charge >= 0.3 is 0 Å². The number of benzene rings is 1. The van der Waals surface area contributed by atoms with Crippen LogP contribution in [0.1, 0.15) is 45.6 Å². The Morgan fingerprint density at radius 1 is 1.11 bits per heavy atom. The van der Waals surface area contributed by atoms with Crippen LogP contribution in [0.4, 0.5) is 5.69 Å². The fourth-order valence-electron chi connectivity index (χ4n) is 1.71. The van der Waals surface area contributed by atoms with E-state index in [0.717, 1.165) is 12.2 Å². The molecule has 0 aliphatic carbocycles. The highest BCUT2D eigenvalue weighted by Crippen LogP contribution is 2.16. The molecule has 0 aromatic heterocycles. The number of hydrogen-bond acceptors (Lipinski definition) is 2. The Morgan fingerprint density at radius 2 is 1.74 bits per heavy atom. The quantitative estimate of drug-likeness (QED) is 0.791. The van der Waals surface area contributed by atoms with E-state index < -0.39 is 0 Å². The Kier molecular flexibility index (Phi) is 6.40. The molecule has 3 nitrogen and oxygen atoms in total. The van der Waals surface area contributed by atoms with Gasteiger partial charge in [0.15, 0.2) is 0 Å². The second-order valence-electron chi connectivity index (χ2n) is 5.65. The number of amides is 1. The van der Waals surface area contributed by atoms with Crippen LogP contribution in [0, 0.1) is 5.92 Å². The van der Waals surface area contributed by atoms with Crippen molar-refractivity contribution in [2.45, 2.75) is 40.0 Å². The Bertz CT molecular complexity index is 382. The van der Waals surface area contributed by atoms with Gasteiger partial charge in [-0.3, -0.25) is 4.79 Å². The molecule has 2 N–H and O–H groups in total. The van der Waals surface area contributed by atoms with E-state index >= 15 is 0 Å². The summed E-state index contributed by atoms with van der Waals surface area (Å²) in [6.07, 6.45) is 0.513. The Hall–Kier alpha value is -1.51. The molecule has 0 aliphatic heterocycles. The fraction of sp³-hybridized carbons (Fsp3) is 0.562. The number of hydrogen-bond donors (Lipinski definition) is 2. The van der Waals surface area contributed by atoms with Gasteiger partial charge < -0.3 is 10.6 Å². The second kappa shape index (κ2) is 7.82. The lowest BCUT2D eigenvalue weighted by Crippen LogP contribution is -2.28. The predicted molar refractivity (Wildman–Crippen MR) is 81.5 cm³/mol. The van der Waals surface area contributed by atoms with Crippen LogP contribution in [0.15, 0.2) is 24.3 Å². The maximum absolute atomic E-state index is 11.5. The highest BCUT2D eigenvalue weighted by Gasteiger charge is 2.02. The van der Waals surface area contributed by atoms with Crippen molar-refractivity contribution in [3.63, 3.8) is 0 Å². The maximum Gasteiger partial charge on any atom is 0.221 e. The third-order valence-corrected chi connectivity index (χ3v) is 2.97. The zero-order chi connectivity index (χ0) is 14.3. The Labute approximate surface area is 116 Å². The molecule has 0 fully saturated rings. The Morgan fingerprint density at radius 3 is 2.26 bits per heavy atom. The molecular formula is C16H26N2O. The smallest absolute Gasteiger partial charge is 0.221 e. The van der Waals surface area contributed by atoms with E-state index in [1.165, 1.54) is 5.56 Å². The van der Waals surface area contributed by atoms with E-state index in [-0.39, 0.29) is 5.91 Å². The van der Waals surface area contributed by atoms with Gasteiger partial charge in [0, 0.05) is 25.2 Å². The predicted octanol–water partition coefficient (Wildman–Crippen LogP) is 3.38. The largest absolute Gasteiger partial charge is 0.385 e. The van der Waals surface area contributed by atoms with Crippen LogP contribution in [0.5, 0.6) is 0 Å². The molecule has 0 unspecified atom stereocenters. The van der Waals surface area contributed by atoms with E-state index in [4.69, 9.17) is 0 Å². The van der Waals surface area contributed by atoms with Crippen LogP contribution in [0.2, 0.25) is 0 Å². The lowest BCUT2D eigenvalue weighted by Gasteiger charge is -2.10. The topological polar surface area (TPSA) is 41.1 Å². The normalized spacial score (nSPS) is 10.8. The van der Waals surface area contributed by atoms with Gasteiger partial charge in [-0.1, -0.05) is 39.8 Å². The molecule has 3 heteroatoms. The molecule has 1 aromatic rings. The molecule has 0 saturated heterocycles. The summed E-state index contributed by atoms with van der Waals surface area (Å²) in [5.41, 5.74) is 2.40. The van der Waals surface area contributed by atoms with Gasteiger partial charge in [0.2, 0.25) is 5.91 Å². The van der Waals surface area contributed by atoms with Gasteiger partial charge in [-0.25, -0.2) is 0 Å². The van der Waals surface area contributed by atoms with Crippen molar-refractivity contribution in [1.29, 1.82) is 0 Å². The van der Waals surface area contributed by atoms with Gasteiger partial charge in [-0.05, 0) is 29.5 Å². The van der Waals surface area contributed by atoms with Gasteiger partial charge in [-0.15, -0.1) is 0 Å². The van der Waals surface area contributed by atoms with Crippen molar-refractivity contribution in [1.82, 2.24) is 5.32 Å². The maximum atomic E-state index is 11.5. The fourth-order valence-corrected chi connectivity index (χ4v) is 1.71. The number of carbonyl (C=O) groups excluding carboxylic acids is 1. The Balaban J connectivity index is 2.27. The van der Waals surface area contributed by atoms with Crippen LogP contribution >= 0.6 is 0 Å². The lowest BCUT2D eigenvalue weighted by molar-refractivity contribution is -0.120. The van der Waals surface area contributed by atoms with Gasteiger partial charge in [0.05, 0.1) is 0 Å². The molecule has 0 atom stereocenters. The third-order valence-electron chi connectivity index (χ3n) is 2.97. The van der Waals surface area contributed by atoms with E-state index in [2.05, 4.69) is 62.6 Å². The van der Waals surface area contributed by atoms with Crippen LogP contribution in [0.3, 0.4) is 0 Å². The van der Waals surface area contributed by atoms with Gasteiger partial charge in [0.1, 0.15) is 0 Å². The summed E-state index contributed by atoms with van der Waals surface area (Å²) >= 11 is 0. The molecule has 106 valence electrons. The van der Waals surface area contributed by atoms with Crippen LogP contribution in [-0.2, 0) is 4.79 Å². The minimum atomic E-state index is 0.111. The molecule has 0 aliphatic rings. The summed E-state index contributed by atoms with van der Waals surface area (Å²) < 4.78 is 0. The lowest BCUT2D eigenvalue weighted by atomic mass is 10.0. The first-order valence-electron chi connectivity index (χ1n) is 7.09. The first-order valence-corrected chi connectivity index (χ1v) is 7.09. The highest BCUT2D eigenvalue weighted by molar-refractivity contribution is 5.76. The van der Waals surface area contributed by atoms with E-state index in [1.54, 1.807) is 0 Å². The standard InChI is InChI=1S/C16H26N2O/c1-12(2)11-18-16(19)9-10-17-15-7-5-14(6-8-15)13(3)4/h5-8,12-13,17H,9-11H2,1-4H3,(H,18,19). The van der Waals surface area contributed by atoms with Crippen LogP contribution in [0.25, 0.3) is 0 Å². The molecule has 0 saturated carbocycles. The van der Waals surface area contributed by atoms with Crippen molar-refractivity contribution in [3.05, 3.63) is 29.8 Å². The minimum absolute atomic E-state index is 0.111.